The second kappa shape index (κ2) is 7.10. The minimum absolute atomic E-state index is 0.0255. The van der Waals surface area contributed by atoms with Crippen molar-refractivity contribution in [3.05, 3.63) is 0 Å². The molecule has 0 aromatic carbocycles. The Labute approximate surface area is 139 Å². The number of hydrogen-bond acceptors (Lipinski definition) is 3. The zero-order valence-electron chi connectivity index (χ0n) is 15.0. The molecule has 0 spiro atoms. The predicted molar refractivity (Wildman–Crippen MR) is 90.1 cm³/mol. The normalized spacial score (nSPS) is 29.1. The van der Waals surface area contributed by atoms with Crippen LogP contribution in [-0.4, -0.2) is 29.2 Å². The van der Waals surface area contributed by atoms with Crippen molar-refractivity contribution >= 4 is 12.0 Å². The highest BCUT2D eigenvalue weighted by Crippen LogP contribution is 2.35. The number of nitrogens with one attached hydrogen (secondary N) is 2. The van der Waals surface area contributed by atoms with Crippen LogP contribution in [0.5, 0.6) is 0 Å². The van der Waals surface area contributed by atoms with Crippen LogP contribution in [0.25, 0.3) is 0 Å². The lowest BCUT2D eigenvalue weighted by Gasteiger charge is -2.42. The Kier molecular flexibility index (Phi) is 5.58. The third-order valence-electron chi connectivity index (χ3n) is 5.12. The number of alkyl carbamates (subject to hydrolysis) is 1. The fraction of sp³-hybridized carbons (Fsp3) is 0.889. The highest BCUT2D eigenvalue weighted by Gasteiger charge is 2.47. The van der Waals surface area contributed by atoms with Crippen molar-refractivity contribution in [3.8, 4) is 0 Å². The molecule has 2 N–H and O–H groups in total. The molecule has 0 bridgehead atoms. The first-order chi connectivity index (χ1) is 10.7. The van der Waals surface area contributed by atoms with Gasteiger partial charge in [-0.3, -0.25) is 4.79 Å². The average molecular weight is 324 g/mol. The van der Waals surface area contributed by atoms with Crippen molar-refractivity contribution in [2.75, 3.05) is 0 Å². The molecule has 2 rings (SSSR count). The number of hydrogen-bond donors (Lipinski definition) is 2. The van der Waals surface area contributed by atoms with Crippen LogP contribution in [-0.2, 0) is 9.53 Å². The molecule has 0 aromatic rings. The number of amides is 2. The van der Waals surface area contributed by atoms with E-state index >= 15 is 0 Å². The van der Waals surface area contributed by atoms with Gasteiger partial charge in [-0.25, -0.2) is 4.79 Å². The van der Waals surface area contributed by atoms with Gasteiger partial charge in [0.05, 0.1) is 0 Å². The first-order valence-electron chi connectivity index (χ1n) is 9.05. The minimum atomic E-state index is -0.830. The van der Waals surface area contributed by atoms with E-state index in [0.717, 1.165) is 32.1 Å². The summed E-state index contributed by atoms with van der Waals surface area (Å²) >= 11 is 0. The van der Waals surface area contributed by atoms with E-state index in [1.807, 2.05) is 20.8 Å². The van der Waals surface area contributed by atoms with Crippen molar-refractivity contribution in [1.82, 2.24) is 10.6 Å². The quantitative estimate of drug-likeness (QED) is 0.834. The van der Waals surface area contributed by atoms with Gasteiger partial charge < -0.3 is 15.4 Å². The number of carbonyl (C=O) groups is 2. The van der Waals surface area contributed by atoms with E-state index in [0.29, 0.717) is 6.42 Å². The Morgan fingerprint density at radius 3 is 2.22 bits per heavy atom. The smallest absolute Gasteiger partial charge is 0.408 e. The summed E-state index contributed by atoms with van der Waals surface area (Å²) in [7, 11) is 0. The third kappa shape index (κ3) is 4.61. The maximum Gasteiger partial charge on any atom is 0.408 e. The van der Waals surface area contributed by atoms with E-state index < -0.39 is 17.2 Å². The van der Waals surface area contributed by atoms with Gasteiger partial charge in [0.15, 0.2) is 0 Å². The largest absolute Gasteiger partial charge is 0.444 e. The lowest BCUT2D eigenvalue weighted by molar-refractivity contribution is -0.132. The third-order valence-corrected chi connectivity index (χ3v) is 5.12. The van der Waals surface area contributed by atoms with Gasteiger partial charge in [0.25, 0.3) is 0 Å². The molecule has 2 aliphatic rings. The van der Waals surface area contributed by atoms with Crippen molar-refractivity contribution in [3.63, 3.8) is 0 Å². The van der Waals surface area contributed by atoms with Crippen LogP contribution in [0.3, 0.4) is 0 Å². The van der Waals surface area contributed by atoms with Crippen LogP contribution >= 0.6 is 0 Å². The molecular formula is C18H32N2O3. The van der Waals surface area contributed by atoms with Gasteiger partial charge in [-0.1, -0.05) is 32.6 Å². The van der Waals surface area contributed by atoms with Crippen molar-refractivity contribution in [2.45, 2.75) is 96.2 Å². The van der Waals surface area contributed by atoms with Crippen LogP contribution in [0, 0.1) is 5.92 Å². The summed E-state index contributed by atoms with van der Waals surface area (Å²) in [4.78, 5) is 25.3. The molecule has 0 radical (unpaired) electrons. The second-order valence-electron chi connectivity index (χ2n) is 8.20. The summed E-state index contributed by atoms with van der Waals surface area (Å²) in [6.45, 7) is 7.57. The van der Waals surface area contributed by atoms with Gasteiger partial charge in [0.1, 0.15) is 11.1 Å². The number of carbonyl (C=O) groups excluding carboxylic acids is 2. The monoisotopic (exact) mass is 324 g/mol. The Morgan fingerprint density at radius 2 is 1.65 bits per heavy atom. The molecule has 0 aromatic heterocycles. The summed E-state index contributed by atoms with van der Waals surface area (Å²) in [6, 6.07) is 0.258. The van der Waals surface area contributed by atoms with Crippen LogP contribution in [0.15, 0.2) is 0 Å². The van der Waals surface area contributed by atoms with Crippen molar-refractivity contribution in [2.24, 2.45) is 5.92 Å². The van der Waals surface area contributed by atoms with E-state index in [9.17, 15) is 9.59 Å². The summed E-state index contributed by atoms with van der Waals surface area (Å²) < 4.78 is 5.40. The van der Waals surface area contributed by atoms with Crippen LogP contribution in [0.1, 0.15) is 79.1 Å². The predicted octanol–water partition coefficient (Wildman–Crippen LogP) is 3.52. The second-order valence-corrected chi connectivity index (χ2v) is 8.20. The topological polar surface area (TPSA) is 67.4 Å². The molecule has 132 valence electrons. The van der Waals surface area contributed by atoms with Crippen LogP contribution < -0.4 is 10.6 Å². The molecule has 5 heteroatoms. The molecule has 0 saturated heterocycles. The molecule has 2 aliphatic carbocycles. The van der Waals surface area contributed by atoms with Gasteiger partial charge in [0, 0.05) is 6.04 Å². The maximum atomic E-state index is 13.0. The van der Waals surface area contributed by atoms with Crippen molar-refractivity contribution < 1.29 is 14.3 Å². The number of ether oxygens (including phenoxy) is 1. The van der Waals surface area contributed by atoms with Gasteiger partial charge >= 0.3 is 6.09 Å². The molecule has 2 amide bonds. The molecule has 2 fully saturated rings. The van der Waals surface area contributed by atoms with Crippen LogP contribution in [0.4, 0.5) is 4.79 Å². The first kappa shape index (κ1) is 18.1. The molecule has 0 unspecified atom stereocenters. The highest BCUT2D eigenvalue weighted by molar-refractivity contribution is 5.90. The van der Waals surface area contributed by atoms with E-state index in [-0.39, 0.29) is 17.9 Å². The van der Waals surface area contributed by atoms with Crippen LogP contribution in [0.2, 0.25) is 0 Å². The first-order valence-corrected chi connectivity index (χ1v) is 9.05. The van der Waals surface area contributed by atoms with Crippen molar-refractivity contribution in [1.29, 1.82) is 0 Å². The van der Waals surface area contributed by atoms with E-state index in [4.69, 9.17) is 4.74 Å². The Hall–Kier alpha value is -1.26. The lowest BCUT2D eigenvalue weighted by Crippen LogP contribution is -2.64. The molecule has 0 heterocycles. The summed E-state index contributed by atoms with van der Waals surface area (Å²) in [5.74, 6) is 0.0904. The van der Waals surface area contributed by atoms with Gasteiger partial charge in [-0.05, 0) is 52.4 Å². The zero-order chi connectivity index (χ0) is 17.1. The van der Waals surface area contributed by atoms with E-state index in [1.54, 1.807) is 0 Å². The molecule has 2 saturated carbocycles. The fourth-order valence-corrected chi connectivity index (χ4v) is 3.80. The Balaban J connectivity index is 2.11. The number of rotatable bonds is 3. The molecule has 0 aliphatic heterocycles. The maximum absolute atomic E-state index is 13.0. The SMILES string of the molecule is C[C@H]1CCCC[C@@]1(NC(=O)OC(C)(C)C)C(=O)NC1CCCC1. The Bertz CT molecular complexity index is 438. The van der Waals surface area contributed by atoms with E-state index in [1.165, 1.54) is 12.8 Å². The summed E-state index contributed by atoms with van der Waals surface area (Å²) in [6.07, 6.45) is 7.65. The molecule has 23 heavy (non-hydrogen) atoms. The van der Waals surface area contributed by atoms with Gasteiger partial charge in [-0.2, -0.15) is 0 Å². The average Bonchev–Trinajstić information content (AvgIpc) is 2.92. The van der Waals surface area contributed by atoms with E-state index in [2.05, 4.69) is 17.6 Å². The van der Waals surface area contributed by atoms with Gasteiger partial charge in [0.2, 0.25) is 5.91 Å². The standard InChI is InChI=1S/C18H32N2O3/c1-13-9-7-8-12-18(13,20-16(22)23-17(2,3)4)15(21)19-14-10-5-6-11-14/h13-14H,5-12H2,1-4H3,(H,19,21)(H,20,22)/t13-,18-/m0/s1. The molecule has 5 nitrogen and oxygen atoms in total. The lowest BCUT2D eigenvalue weighted by atomic mass is 9.73. The van der Waals surface area contributed by atoms with Gasteiger partial charge in [-0.15, -0.1) is 0 Å². The minimum Gasteiger partial charge on any atom is -0.444 e. The summed E-state index contributed by atoms with van der Waals surface area (Å²) in [5.41, 5.74) is -1.39. The summed E-state index contributed by atoms with van der Waals surface area (Å²) in [5, 5.41) is 6.12. The fourth-order valence-electron chi connectivity index (χ4n) is 3.80. The molecule has 2 atom stereocenters. The zero-order valence-corrected chi connectivity index (χ0v) is 15.0. The highest BCUT2D eigenvalue weighted by atomic mass is 16.6. The Morgan fingerprint density at radius 1 is 1.04 bits per heavy atom. The molecular weight excluding hydrogens is 292 g/mol.